The van der Waals surface area contributed by atoms with Crippen LogP contribution in [0.3, 0.4) is 0 Å². The molecule has 0 rings (SSSR count). The van der Waals surface area contributed by atoms with E-state index in [4.69, 9.17) is 15.9 Å². The van der Waals surface area contributed by atoms with Crippen molar-refractivity contribution in [2.75, 3.05) is 6.61 Å². The van der Waals surface area contributed by atoms with Crippen LogP contribution in [0.15, 0.2) is 0 Å². The van der Waals surface area contributed by atoms with Crippen LogP contribution in [-0.4, -0.2) is 46.4 Å². The highest BCUT2D eigenvalue weighted by Crippen LogP contribution is 2.09. The third-order valence-corrected chi connectivity index (χ3v) is 2.82. The maximum atomic E-state index is 11.8. The molecule has 2 amide bonds. The number of aliphatic hydroxyl groups is 1. The lowest BCUT2D eigenvalue weighted by molar-refractivity contribution is -0.140. The number of nitrogens with one attached hydrogen (secondary N) is 1. The fourth-order valence-electron chi connectivity index (χ4n) is 1.41. The largest absolute Gasteiger partial charge is 0.481 e. The first-order valence-electron chi connectivity index (χ1n) is 6.14. The first-order valence-corrected chi connectivity index (χ1v) is 6.14. The van der Waals surface area contributed by atoms with Crippen molar-refractivity contribution in [1.29, 1.82) is 0 Å². The Morgan fingerprint density at radius 2 is 1.65 bits per heavy atom. The van der Waals surface area contributed by atoms with Crippen LogP contribution in [0.2, 0.25) is 0 Å². The van der Waals surface area contributed by atoms with Crippen LogP contribution in [0.1, 0.15) is 26.7 Å². The van der Waals surface area contributed by atoms with Crippen molar-refractivity contribution in [2.24, 2.45) is 17.6 Å². The number of carboxylic acids is 1. The molecule has 3 atom stereocenters. The van der Waals surface area contributed by atoms with Crippen LogP contribution in [0.25, 0.3) is 0 Å². The topological polar surface area (TPSA) is 147 Å². The van der Waals surface area contributed by atoms with E-state index in [0.29, 0.717) is 0 Å². The molecule has 0 unspecified atom stereocenters. The minimum Gasteiger partial charge on any atom is -0.481 e. The van der Waals surface area contributed by atoms with Gasteiger partial charge in [0.2, 0.25) is 11.8 Å². The first-order chi connectivity index (χ1) is 9.18. The van der Waals surface area contributed by atoms with E-state index in [9.17, 15) is 19.2 Å². The van der Waals surface area contributed by atoms with Crippen molar-refractivity contribution in [1.82, 2.24) is 5.32 Å². The van der Waals surface area contributed by atoms with Crippen LogP contribution >= 0.6 is 0 Å². The standard InChI is InChI=1S/C12H20N2O6/c1-6(3-9(16)7(2)5-15)12(20)14-8(11(13)19)4-10(17)18/h6-8,15H,3-5H2,1-2H3,(H2,13,19)(H,14,20)(H,17,18)/t6-,7+,8+/m1/s1. The lowest BCUT2D eigenvalue weighted by Gasteiger charge is -2.17. The van der Waals surface area contributed by atoms with Crippen molar-refractivity contribution in [3.05, 3.63) is 0 Å². The Labute approximate surface area is 116 Å². The maximum absolute atomic E-state index is 11.8. The van der Waals surface area contributed by atoms with Crippen LogP contribution in [0, 0.1) is 11.8 Å². The molecule has 8 heteroatoms. The molecule has 0 fully saturated rings. The molecule has 0 saturated carbocycles. The van der Waals surface area contributed by atoms with Crippen molar-refractivity contribution in [3.63, 3.8) is 0 Å². The number of carboxylic acid groups (broad SMARTS) is 1. The molecular weight excluding hydrogens is 268 g/mol. The van der Waals surface area contributed by atoms with Gasteiger partial charge in [0, 0.05) is 18.3 Å². The fraction of sp³-hybridized carbons (Fsp3) is 0.667. The van der Waals surface area contributed by atoms with Crippen molar-refractivity contribution >= 4 is 23.6 Å². The highest BCUT2D eigenvalue weighted by Gasteiger charge is 2.26. The molecule has 0 aliphatic rings. The van der Waals surface area contributed by atoms with Gasteiger partial charge in [-0.25, -0.2) is 0 Å². The molecule has 0 heterocycles. The normalized spacial score (nSPS) is 14.9. The third-order valence-electron chi connectivity index (χ3n) is 2.82. The lowest BCUT2D eigenvalue weighted by Crippen LogP contribution is -2.47. The summed E-state index contributed by atoms with van der Waals surface area (Å²) in [6.07, 6.45) is -0.721. The van der Waals surface area contributed by atoms with Gasteiger partial charge in [-0.05, 0) is 0 Å². The van der Waals surface area contributed by atoms with Gasteiger partial charge in [0.25, 0.3) is 0 Å². The van der Waals surface area contributed by atoms with E-state index < -0.39 is 42.1 Å². The van der Waals surface area contributed by atoms with Crippen LogP contribution in [-0.2, 0) is 19.2 Å². The quantitative estimate of drug-likeness (QED) is 0.412. The Bertz CT molecular complexity index is 395. The number of primary amides is 1. The maximum Gasteiger partial charge on any atom is 0.305 e. The molecule has 0 bridgehead atoms. The summed E-state index contributed by atoms with van der Waals surface area (Å²) in [6, 6.07) is -1.31. The fourth-order valence-corrected chi connectivity index (χ4v) is 1.41. The summed E-state index contributed by atoms with van der Waals surface area (Å²) in [5, 5.41) is 19.6. The van der Waals surface area contributed by atoms with E-state index in [1.807, 2.05) is 0 Å². The van der Waals surface area contributed by atoms with Gasteiger partial charge in [-0.3, -0.25) is 19.2 Å². The van der Waals surface area contributed by atoms with Gasteiger partial charge in [0.05, 0.1) is 13.0 Å². The van der Waals surface area contributed by atoms with Crippen molar-refractivity contribution in [3.8, 4) is 0 Å². The summed E-state index contributed by atoms with van der Waals surface area (Å²) in [6.45, 7) is 2.69. The zero-order valence-corrected chi connectivity index (χ0v) is 11.5. The van der Waals surface area contributed by atoms with Crippen LogP contribution in [0.4, 0.5) is 0 Å². The molecule has 8 nitrogen and oxygen atoms in total. The second kappa shape index (κ2) is 8.26. The number of amides is 2. The molecular formula is C12H20N2O6. The summed E-state index contributed by atoms with van der Waals surface area (Å²) >= 11 is 0. The van der Waals surface area contributed by atoms with Gasteiger partial charge in [-0.1, -0.05) is 13.8 Å². The third kappa shape index (κ3) is 6.28. The molecule has 0 aliphatic heterocycles. The van der Waals surface area contributed by atoms with Crippen LogP contribution < -0.4 is 11.1 Å². The molecule has 0 aromatic rings. The van der Waals surface area contributed by atoms with E-state index in [1.54, 1.807) is 0 Å². The summed E-state index contributed by atoms with van der Waals surface area (Å²) < 4.78 is 0. The Kier molecular flexibility index (Phi) is 7.45. The van der Waals surface area contributed by atoms with E-state index in [2.05, 4.69) is 5.32 Å². The predicted molar refractivity (Wildman–Crippen MR) is 68.4 cm³/mol. The molecule has 0 aliphatic carbocycles. The number of carbonyl (C=O) groups excluding carboxylic acids is 3. The highest BCUT2D eigenvalue weighted by molar-refractivity contribution is 5.92. The SMILES string of the molecule is C[C@H](CC(=O)[C@@H](C)CO)C(=O)N[C@@H](CC(=O)O)C(N)=O. The molecule has 0 radical (unpaired) electrons. The van der Waals surface area contributed by atoms with Crippen molar-refractivity contribution < 1.29 is 29.4 Å². The Morgan fingerprint density at radius 1 is 1.10 bits per heavy atom. The molecule has 114 valence electrons. The second-order valence-corrected chi connectivity index (χ2v) is 4.72. The van der Waals surface area contributed by atoms with Gasteiger partial charge in [-0.15, -0.1) is 0 Å². The van der Waals surface area contributed by atoms with E-state index in [-0.39, 0.29) is 18.8 Å². The molecule has 0 aromatic carbocycles. The Balaban J connectivity index is 4.53. The van der Waals surface area contributed by atoms with Gasteiger partial charge in [-0.2, -0.15) is 0 Å². The van der Waals surface area contributed by atoms with Gasteiger partial charge >= 0.3 is 5.97 Å². The summed E-state index contributed by atoms with van der Waals surface area (Å²) in [4.78, 5) is 44.9. The van der Waals surface area contributed by atoms with E-state index >= 15 is 0 Å². The van der Waals surface area contributed by atoms with E-state index in [0.717, 1.165) is 0 Å². The van der Waals surface area contributed by atoms with Crippen LogP contribution in [0.5, 0.6) is 0 Å². The number of aliphatic carboxylic acids is 1. The number of hydrogen-bond donors (Lipinski definition) is 4. The number of Topliss-reactive ketones (excluding diaryl/α,β-unsaturated/α-hetero) is 1. The molecule has 0 aromatic heterocycles. The highest BCUT2D eigenvalue weighted by atomic mass is 16.4. The molecule has 0 spiro atoms. The van der Waals surface area contributed by atoms with Gasteiger partial charge < -0.3 is 21.3 Å². The minimum absolute atomic E-state index is 0.105. The first kappa shape index (κ1) is 18.0. The smallest absolute Gasteiger partial charge is 0.305 e. The lowest BCUT2D eigenvalue weighted by atomic mass is 9.96. The Morgan fingerprint density at radius 3 is 2.05 bits per heavy atom. The predicted octanol–water partition coefficient (Wildman–Crippen LogP) is -1.35. The number of nitrogens with two attached hydrogens (primary N) is 1. The Hall–Kier alpha value is -1.96. The summed E-state index contributed by atoms with van der Waals surface area (Å²) in [5.41, 5.74) is 4.99. The number of rotatable bonds is 9. The second-order valence-electron chi connectivity index (χ2n) is 4.72. The van der Waals surface area contributed by atoms with Gasteiger partial charge in [0.15, 0.2) is 0 Å². The number of carbonyl (C=O) groups is 4. The monoisotopic (exact) mass is 288 g/mol. The number of aliphatic hydroxyl groups excluding tert-OH is 1. The zero-order chi connectivity index (χ0) is 15.9. The van der Waals surface area contributed by atoms with Gasteiger partial charge in [0.1, 0.15) is 11.8 Å². The zero-order valence-electron chi connectivity index (χ0n) is 11.5. The minimum atomic E-state index is -1.31. The number of ketones is 1. The summed E-state index contributed by atoms with van der Waals surface area (Å²) in [7, 11) is 0. The number of hydrogen-bond acceptors (Lipinski definition) is 5. The molecule has 20 heavy (non-hydrogen) atoms. The molecule has 5 N–H and O–H groups in total. The average Bonchev–Trinajstić information content (AvgIpc) is 2.35. The molecule has 0 saturated heterocycles. The van der Waals surface area contributed by atoms with E-state index in [1.165, 1.54) is 13.8 Å². The summed E-state index contributed by atoms with van der Waals surface area (Å²) in [5.74, 6) is -4.46. The van der Waals surface area contributed by atoms with Crippen molar-refractivity contribution in [2.45, 2.75) is 32.7 Å². The average molecular weight is 288 g/mol.